The number of H-pyrrole nitrogens is 2. The molecular formula is C48H54F2N10O5S. The van der Waals surface area contributed by atoms with Gasteiger partial charge in [-0.15, -0.1) is 11.3 Å². The van der Waals surface area contributed by atoms with Crippen molar-refractivity contribution in [1.29, 1.82) is 0 Å². The summed E-state index contributed by atoms with van der Waals surface area (Å²) >= 11 is 1.63. The van der Waals surface area contributed by atoms with Crippen LogP contribution in [-0.4, -0.2) is 84.5 Å². The summed E-state index contributed by atoms with van der Waals surface area (Å²) in [5, 5.41) is 2.97. The highest BCUT2D eigenvalue weighted by Gasteiger charge is 2.40. The summed E-state index contributed by atoms with van der Waals surface area (Å²) < 4.78 is 47.6. The Bertz CT molecular complexity index is 2850. The quantitative estimate of drug-likeness (QED) is 0.0593. The first kappa shape index (κ1) is 43.8. The molecule has 2 aromatic carbocycles. The predicted molar refractivity (Wildman–Crippen MR) is 245 cm³/mol. The number of imidazole rings is 2. The van der Waals surface area contributed by atoms with Gasteiger partial charge in [-0.1, -0.05) is 33.8 Å². The molecule has 0 radical (unpaired) electrons. The first-order chi connectivity index (χ1) is 31.8. The first-order valence-corrected chi connectivity index (χ1v) is 23.6. The number of amides is 3. The van der Waals surface area contributed by atoms with E-state index in [1.54, 1.807) is 45.3 Å². The van der Waals surface area contributed by atoms with E-state index in [-0.39, 0.29) is 46.7 Å². The highest BCUT2D eigenvalue weighted by atomic mass is 32.1. The topological polar surface area (TPSA) is 189 Å². The van der Waals surface area contributed by atoms with Crippen LogP contribution in [0.5, 0.6) is 5.75 Å². The van der Waals surface area contributed by atoms with Crippen LogP contribution in [0.4, 0.5) is 13.6 Å². The van der Waals surface area contributed by atoms with Gasteiger partial charge in [0.05, 0.1) is 64.6 Å². The Balaban J connectivity index is 0.994. The second-order valence-corrected chi connectivity index (χ2v) is 19.7. The third-order valence-corrected chi connectivity index (χ3v) is 14.9. The van der Waals surface area contributed by atoms with Gasteiger partial charge in [-0.3, -0.25) is 20.0 Å². The number of aromatic amines is 2. The maximum Gasteiger partial charge on any atom is 0.407 e. The van der Waals surface area contributed by atoms with Crippen LogP contribution in [0, 0.1) is 23.5 Å². The lowest BCUT2D eigenvalue weighted by molar-refractivity contribution is -0.136. The Morgan fingerprint density at radius 3 is 2.06 bits per heavy atom. The Kier molecular flexibility index (Phi) is 11.5. The van der Waals surface area contributed by atoms with Crippen molar-refractivity contribution < 1.29 is 32.6 Å². The fraction of sp³-hybridized carbons (Fsp3) is 0.438. The van der Waals surface area contributed by atoms with E-state index in [1.807, 2.05) is 50.8 Å². The molecule has 0 spiro atoms. The van der Waals surface area contributed by atoms with Crippen molar-refractivity contribution in [3.8, 4) is 39.5 Å². The van der Waals surface area contributed by atoms with E-state index in [4.69, 9.17) is 20.3 Å². The van der Waals surface area contributed by atoms with Crippen molar-refractivity contribution in [2.24, 2.45) is 17.7 Å². The highest BCUT2D eigenvalue weighted by Crippen LogP contribution is 2.51. The van der Waals surface area contributed by atoms with Gasteiger partial charge in [-0.25, -0.2) is 29.0 Å². The maximum absolute atomic E-state index is 17.4. The molecule has 7 heterocycles. The van der Waals surface area contributed by atoms with Gasteiger partial charge in [-0.05, 0) is 92.7 Å². The first-order valence-electron chi connectivity index (χ1n) is 22.8. The van der Waals surface area contributed by atoms with Crippen molar-refractivity contribution in [3.05, 3.63) is 87.9 Å². The summed E-state index contributed by atoms with van der Waals surface area (Å²) in [6, 6.07) is 10.7. The molecule has 6 N–H and O–H groups in total. The number of carbonyl (C=O) groups is 3. The lowest BCUT2D eigenvalue weighted by atomic mass is 10.0. The normalized spacial score (nSPS) is 20.2. The molecule has 4 aliphatic rings. The van der Waals surface area contributed by atoms with Crippen molar-refractivity contribution in [2.45, 2.75) is 103 Å². The monoisotopic (exact) mass is 920 g/mol. The summed E-state index contributed by atoms with van der Waals surface area (Å²) in [5.74, 6) is 5.87. The number of nitrogens with one attached hydrogen (secondary N) is 4. The van der Waals surface area contributed by atoms with Gasteiger partial charge in [0.15, 0.2) is 5.82 Å². The molecule has 3 aliphatic heterocycles. The Hall–Kier alpha value is -6.11. The summed E-state index contributed by atoms with van der Waals surface area (Å²) in [4.78, 5) is 61.2. The van der Waals surface area contributed by atoms with Gasteiger partial charge in [0.2, 0.25) is 18.0 Å². The van der Waals surface area contributed by atoms with Crippen LogP contribution in [0.15, 0.2) is 54.9 Å². The van der Waals surface area contributed by atoms with E-state index < -0.39 is 42.1 Å². The smallest absolute Gasteiger partial charge is 0.407 e. The van der Waals surface area contributed by atoms with Crippen LogP contribution in [0.3, 0.4) is 0 Å². The van der Waals surface area contributed by atoms with E-state index in [1.165, 1.54) is 18.1 Å². The Morgan fingerprint density at radius 1 is 0.833 bits per heavy atom. The minimum absolute atomic E-state index is 0.000482. The molecule has 3 amide bonds. The minimum atomic E-state index is -0.791. The standard InChI is InChI=1S/C48H54F2N10O5S/c1-23(2)40(56-48(63)64-5)45(61)58-16-6-8-33(58)44-53-22-31(55-44)27-19-29(49)38-35(20-27)65-47(37-15-14-36(66-37)25-10-11-25)60-32-13-12-26(18-28(32)39(50)42(38)60)30-21-52-43(54-30)34-9-7-17-59(34)46(62)41(57-51)24(3)4/h12-15,18-25,33-34,40-41,47,57H,6-11,16-17,51H2,1-5H3,(H,52,54)(H,53,55)(H,56,63). The van der Waals surface area contributed by atoms with E-state index in [2.05, 4.69) is 31.8 Å². The summed E-state index contributed by atoms with van der Waals surface area (Å²) in [7, 11) is 1.26. The van der Waals surface area contributed by atoms with Crippen molar-refractivity contribution in [1.82, 2.24) is 45.0 Å². The second-order valence-electron chi connectivity index (χ2n) is 18.6. The van der Waals surface area contributed by atoms with Gasteiger partial charge in [0, 0.05) is 34.5 Å². The van der Waals surface area contributed by atoms with Crippen molar-refractivity contribution >= 4 is 40.1 Å². The van der Waals surface area contributed by atoms with Crippen molar-refractivity contribution in [2.75, 3.05) is 20.2 Å². The van der Waals surface area contributed by atoms with Gasteiger partial charge >= 0.3 is 6.09 Å². The van der Waals surface area contributed by atoms with Crippen LogP contribution in [0.1, 0.15) is 112 Å². The van der Waals surface area contributed by atoms with Crippen LogP contribution >= 0.6 is 11.3 Å². The number of hydrazine groups is 1. The van der Waals surface area contributed by atoms with Crippen LogP contribution in [0.2, 0.25) is 0 Å². The molecule has 5 atom stereocenters. The number of ether oxygens (including phenoxy) is 2. The zero-order valence-electron chi connectivity index (χ0n) is 37.5. The number of nitrogens with zero attached hydrogens (tertiary/aromatic N) is 5. The predicted octanol–water partition coefficient (Wildman–Crippen LogP) is 8.44. The molecule has 2 saturated heterocycles. The number of benzene rings is 2. The number of methoxy groups -OCH3 is 1. The number of alkyl carbamates (subject to hydrolysis) is 1. The number of rotatable bonds is 12. The fourth-order valence-corrected chi connectivity index (χ4v) is 11.2. The number of hydrogen-bond acceptors (Lipinski definition) is 10. The van der Waals surface area contributed by atoms with E-state index >= 15 is 8.78 Å². The van der Waals surface area contributed by atoms with Crippen molar-refractivity contribution in [3.63, 3.8) is 0 Å². The van der Waals surface area contributed by atoms with Gasteiger partial charge in [0.1, 0.15) is 35.3 Å². The van der Waals surface area contributed by atoms with E-state index in [0.29, 0.717) is 70.5 Å². The zero-order valence-corrected chi connectivity index (χ0v) is 38.3. The lowest BCUT2D eigenvalue weighted by Crippen LogP contribution is -2.51. The largest absolute Gasteiger partial charge is 0.464 e. The average molecular weight is 921 g/mol. The number of aromatic nitrogens is 5. The molecule has 1 saturated carbocycles. The lowest BCUT2D eigenvalue weighted by Gasteiger charge is -2.30. The molecule has 0 bridgehead atoms. The third kappa shape index (κ3) is 7.61. The fourth-order valence-electron chi connectivity index (χ4n) is 9.96. The number of nitrogens with two attached hydrogens (primary N) is 1. The molecule has 15 nitrogen and oxygen atoms in total. The minimum Gasteiger partial charge on any atom is -0.464 e. The third-order valence-electron chi connectivity index (χ3n) is 13.6. The molecule has 10 rings (SSSR count). The number of fused-ring (bicyclic) bond motifs is 5. The zero-order chi connectivity index (χ0) is 46.1. The molecule has 1 aliphatic carbocycles. The molecule has 6 aromatic rings. The SMILES string of the molecule is COC(=O)NC(C(=O)N1CCCC1c1ncc(-c2cc(F)c3c(c2)OC(c2ccc(C4CC4)s2)n2c-3c(F)c3cc(-c4cnc(C5CCCN5C(=O)C(NN)C(C)C)[nH]4)ccc32)[nH]1)C(C)C. The molecule has 5 unspecified atom stereocenters. The van der Waals surface area contributed by atoms with Gasteiger partial charge in [0.25, 0.3) is 0 Å². The maximum atomic E-state index is 17.4. The van der Waals surface area contributed by atoms with Crippen LogP contribution < -0.4 is 21.3 Å². The molecular weight excluding hydrogens is 867 g/mol. The molecule has 18 heteroatoms. The number of likely N-dealkylation sites (tertiary alicyclic amines) is 2. The van der Waals surface area contributed by atoms with Crippen LogP contribution in [-0.2, 0) is 14.3 Å². The van der Waals surface area contributed by atoms with E-state index in [0.717, 1.165) is 37.0 Å². The van der Waals surface area contributed by atoms with Gasteiger partial charge < -0.3 is 34.6 Å². The highest BCUT2D eigenvalue weighted by molar-refractivity contribution is 7.12. The Labute approximate surface area is 384 Å². The number of carbonyl (C=O) groups excluding carboxylic acids is 3. The summed E-state index contributed by atoms with van der Waals surface area (Å²) in [5.41, 5.74) is 5.60. The second kappa shape index (κ2) is 17.3. The number of hydrogen-bond donors (Lipinski definition) is 5. The molecule has 346 valence electrons. The number of halogens is 2. The Morgan fingerprint density at radius 2 is 1.45 bits per heavy atom. The summed E-state index contributed by atoms with van der Waals surface area (Å²) in [6.07, 6.45) is 7.02. The molecule has 4 aromatic heterocycles. The molecule has 66 heavy (non-hydrogen) atoms. The summed E-state index contributed by atoms with van der Waals surface area (Å²) in [6.45, 7) is 8.69. The van der Waals surface area contributed by atoms with E-state index in [9.17, 15) is 14.4 Å². The number of thiophene rings is 1. The van der Waals surface area contributed by atoms with Gasteiger partial charge in [-0.2, -0.15) is 0 Å². The van der Waals surface area contributed by atoms with Crippen LogP contribution in [0.25, 0.3) is 44.7 Å². The average Bonchev–Trinajstić information content (AvgIpc) is 4.01. The molecule has 3 fully saturated rings.